The molecule has 1 heterocycles. The summed E-state index contributed by atoms with van der Waals surface area (Å²) in [7, 11) is 4.68. The van der Waals surface area contributed by atoms with Gasteiger partial charge in [0.25, 0.3) is 0 Å². The Hall–Kier alpha value is -2.76. The molecule has 2 atom stereocenters. The zero-order valence-electron chi connectivity index (χ0n) is 14.3. The summed E-state index contributed by atoms with van der Waals surface area (Å²) in [5.41, 5.74) is 1.54. The van der Waals surface area contributed by atoms with Crippen molar-refractivity contribution in [3.05, 3.63) is 46.7 Å². The van der Waals surface area contributed by atoms with Crippen molar-refractivity contribution in [3.8, 4) is 11.5 Å². The first kappa shape index (κ1) is 15.7. The number of methoxy groups -OCH3 is 2. The van der Waals surface area contributed by atoms with Gasteiger partial charge in [-0.25, -0.2) is 0 Å². The number of nitrogens with zero attached hydrogens (tertiary/aromatic N) is 1. The molecule has 1 aromatic carbocycles. The number of rotatable bonds is 2. The minimum Gasteiger partial charge on any atom is -0.504 e. The van der Waals surface area contributed by atoms with Gasteiger partial charge in [-0.2, -0.15) is 0 Å². The summed E-state index contributed by atoms with van der Waals surface area (Å²) >= 11 is 0. The van der Waals surface area contributed by atoms with E-state index in [0.717, 1.165) is 11.1 Å². The van der Waals surface area contributed by atoms with Gasteiger partial charge in [0, 0.05) is 19.0 Å². The minimum atomic E-state index is -0.875. The highest BCUT2D eigenvalue weighted by Crippen LogP contribution is 2.55. The van der Waals surface area contributed by atoms with Gasteiger partial charge in [-0.3, -0.25) is 9.59 Å². The first-order chi connectivity index (χ1) is 11.9. The van der Waals surface area contributed by atoms with E-state index < -0.39 is 5.41 Å². The second-order valence-electron chi connectivity index (χ2n) is 6.70. The van der Waals surface area contributed by atoms with Crippen LogP contribution in [0.4, 0.5) is 0 Å². The van der Waals surface area contributed by atoms with Gasteiger partial charge in [0.1, 0.15) is 0 Å². The fourth-order valence-corrected chi connectivity index (χ4v) is 4.38. The van der Waals surface area contributed by atoms with Crippen LogP contribution in [0.5, 0.6) is 11.5 Å². The molecule has 0 saturated carbocycles. The second kappa shape index (κ2) is 5.12. The van der Waals surface area contributed by atoms with E-state index in [1.807, 2.05) is 6.07 Å². The van der Waals surface area contributed by atoms with Crippen molar-refractivity contribution in [1.29, 1.82) is 0 Å². The molecule has 1 aliphatic heterocycles. The number of benzene rings is 1. The maximum atomic E-state index is 12.6. The molecule has 6 heteroatoms. The van der Waals surface area contributed by atoms with Crippen molar-refractivity contribution in [2.45, 2.75) is 24.3 Å². The molecule has 2 bridgehead atoms. The van der Waals surface area contributed by atoms with Gasteiger partial charge < -0.3 is 19.5 Å². The number of allylic oxidation sites excluding steroid dienone is 2. The zero-order chi connectivity index (χ0) is 17.9. The molecule has 1 saturated heterocycles. The lowest BCUT2D eigenvalue weighted by Crippen LogP contribution is -2.56. The Kier molecular flexibility index (Phi) is 3.22. The standard InChI is InChI=1S/C19H19NO5/c1-20-12-6-10-4-5-14(24-2)18(23)17(10)19(9-16(20)22)8-15(25-3)13(21)7-11(12)19/h4-5,7-8,12,23H,6,9H2,1-3H3/t12-,19-/m1/s1. The van der Waals surface area contributed by atoms with Crippen molar-refractivity contribution in [2.24, 2.45) is 0 Å². The largest absolute Gasteiger partial charge is 0.504 e. The van der Waals surface area contributed by atoms with Gasteiger partial charge in [0.15, 0.2) is 17.3 Å². The van der Waals surface area contributed by atoms with E-state index in [2.05, 4.69) is 0 Å². The Balaban J connectivity index is 2.07. The van der Waals surface area contributed by atoms with Crippen LogP contribution in [-0.4, -0.2) is 49.0 Å². The number of likely N-dealkylation sites (N-methyl/N-ethyl adjacent to an activating group) is 1. The summed E-state index contributed by atoms with van der Waals surface area (Å²) < 4.78 is 10.5. The molecule has 4 rings (SSSR count). The number of hydrogen-bond acceptors (Lipinski definition) is 5. The Bertz CT molecular complexity index is 869. The molecule has 0 aromatic heterocycles. The quantitative estimate of drug-likeness (QED) is 0.881. The summed E-state index contributed by atoms with van der Waals surface area (Å²) in [4.78, 5) is 26.7. The van der Waals surface area contributed by atoms with Crippen LogP contribution in [0.1, 0.15) is 17.5 Å². The van der Waals surface area contributed by atoms with Crippen molar-refractivity contribution >= 4 is 11.7 Å². The molecule has 1 aromatic rings. The maximum absolute atomic E-state index is 12.6. The lowest BCUT2D eigenvalue weighted by atomic mass is 9.58. The Morgan fingerprint density at radius 3 is 2.68 bits per heavy atom. The van der Waals surface area contributed by atoms with E-state index >= 15 is 0 Å². The van der Waals surface area contributed by atoms with Crippen LogP contribution >= 0.6 is 0 Å². The first-order valence-electron chi connectivity index (χ1n) is 8.11. The van der Waals surface area contributed by atoms with Crippen LogP contribution in [0.25, 0.3) is 0 Å². The van der Waals surface area contributed by atoms with E-state index in [0.29, 0.717) is 17.7 Å². The van der Waals surface area contributed by atoms with Crippen molar-refractivity contribution < 1.29 is 24.2 Å². The number of carbonyl (C=O) groups is 2. The number of hydrogen-bond donors (Lipinski definition) is 1. The van der Waals surface area contributed by atoms with E-state index in [1.54, 1.807) is 30.2 Å². The normalized spacial score (nSPS) is 27.2. The predicted molar refractivity (Wildman–Crippen MR) is 89.4 cm³/mol. The number of phenolic OH excluding ortho intramolecular Hbond substituents is 1. The molecule has 0 spiro atoms. The summed E-state index contributed by atoms with van der Waals surface area (Å²) in [5.74, 6) is 0.307. The summed E-state index contributed by atoms with van der Waals surface area (Å²) in [6.45, 7) is 0. The molecular weight excluding hydrogens is 322 g/mol. The molecule has 130 valence electrons. The lowest BCUT2D eigenvalue weighted by molar-refractivity contribution is -0.135. The number of aromatic hydroxyl groups is 1. The smallest absolute Gasteiger partial charge is 0.224 e. The molecule has 0 radical (unpaired) electrons. The summed E-state index contributed by atoms with van der Waals surface area (Å²) in [6.07, 6.45) is 3.94. The van der Waals surface area contributed by atoms with E-state index in [9.17, 15) is 14.7 Å². The molecule has 1 N–H and O–H groups in total. The average molecular weight is 341 g/mol. The summed E-state index contributed by atoms with van der Waals surface area (Å²) in [5, 5.41) is 10.8. The molecular formula is C19H19NO5. The van der Waals surface area contributed by atoms with Crippen molar-refractivity contribution in [3.63, 3.8) is 0 Å². The average Bonchev–Trinajstić information content (AvgIpc) is 2.59. The molecule has 2 aliphatic carbocycles. The van der Waals surface area contributed by atoms with Crippen molar-refractivity contribution in [2.75, 3.05) is 21.3 Å². The van der Waals surface area contributed by atoms with E-state index in [-0.39, 0.29) is 35.7 Å². The Morgan fingerprint density at radius 2 is 2.00 bits per heavy atom. The monoisotopic (exact) mass is 341 g/mol. The SMILES string of the molecule is COC1=C[C@]23CC(=O)N(C)[C@H](Cc4ccc(OC)c(O)c42)C3=CC1=O. The van der Waals surface area contributed by atoms with Crippen LogP contribution in [-0.2, 0) is 26.2 Å². The van der Waals surface area contributed by atoms with Crippen LogP contribution < -0.4 is 4.74 Å². The lowest BCUT2D eigenvalue weighted by Gasteiger charge is -2.51. The molecule has 6 nitrogen and oxygen atoms in total. The Morgan fingerprint density at radius 1 is 1.24 bits per heavy atom. The van der Waals surface area contributed by atoms with Gasteiger partial charge in [0.05, 0.1) is 25.7 Å². The van der Waals surface area contributed by atoms with Crippen LogP contribution in [0.15, 0.2) is 35.6 Å². The minimum absolute atomic E-state index is 0.0164. The zero-order valence-corrected chi connectivity index (χ0v) is 14.3. The number of ketones is 1. The third-order valence-electron chi connectivity index (χ3n) is 5.60. The number of piperidine rings is 1. The summed E-state index contributed by atoms with van der Waals surface area (Å²) in [6, 6.07) is 3.44. The number of carbonyl (C=O) groups excluding carboxylic acids is 2. The van der Waals surface area contributed by atoms with E-state index in [1.165, 1.54) is 14.2 Å². The number of amides is 1. The van der Waals surface area contributed by atoms with E-state index in [4.69, 9.17) is 9.47 Å². The fourth-order valence-electron chi connectivity index (χ4n) is 4.38. The van der Waals surface area contributed by atoms with Crippen LogP contribution in [0, 0.1) is 0 Å². The number of fused-ring (bicyclic) bond motifs is 1. The van der Waals surface area contributed by atoms with Crippen LogP contribution in [0.2, 0.25) is 0 Å². The first-order valence-corrected chi connectivity index (χ1v) is 8.11. The highest BCUT2D eigenvalue weighted by atomic mass is 16.5. The van der Waals surface area contributed by atoms with Crippen LogP contribution in [0.3, 0.4) is 0 Å². The number of phenols is 1. The second-order valence-corrected chi connectivity index (χ2v) is 6.70. The highest BCUT2D eigenvalue weighted by Gasteiger charge is 2.54. The van der Waals surface area contributed by atoms with Gasteiger partial charge in [-0.1, -0.05) is 6.07 Å². The molecule has 25 heavy (non-hydrogen) atoms. The third-order valence-corrected chi connectivity index (χ3v) is 5.60. The van der Waals surface area contributed by atoms with Crippen molar-refractivity contribution in [1.82, 2.24) is 4.90 Å². The third kappa shape index (κ3) is 1.91. The Labute approximate surface area is 145 Å². The fraction of sp³-hybridized carbons (Fsp3) is 0.368. The maximum Gasteiger partial charge on any atom is 0.224 e. The number of ether oxygens (including phenoxy) is 2. The van der Waals surface area contributed by atoms with Gasteiger partial charge in [-0.05, 0) is 35.8 Å². The van der Waals surface area contributed by atoms with Gasteiger partial charge >= 0.3 is 0 Å². The molecule has 1 fully saturated rings. The predicted octanol–water partition coefficient (Wildman–Crippen LogP) is 1.46. The molecule has 0 unspecified atom stereocenters. The number of likely N-dealkylation sites (tertiary alicyclic amines) is 1. The highest BCUT2D eigenvalue weighted by molar-refractivity contribution is 6.06. The van der Waals surface area contributed by atoms with Gasteiger partial charge in [0.2, 0.25) is 11.7 Å². The molecule has 3 aliphatic rings. The molecule has 1 amide bonds. The topological polar surface area (TPSA) is 76.1 Å². The van der Waals surface area contributed by atoms with Gasteiger partial charge in [-0.15, -0.1) is 0 Å².